The third-order valence-electron chi connectivity index (χ3n) is 0.957. The Bertz CT molecular complexity index is 302. The van der Waals surface area contributed by atoms with E-state index in [1.165, 1.54) is 0 Å². The molecule has 0 atom stereocenters. The molecule has 70 valence electrons. The van der Waals surface area contributed by atoms with Crippen LogP contribution in [0.4, 0.5) is 0 Å². The van der Waals surface area contributed by atoms with Gasteiger partial charge in [-0.3, -0.25) is 9.11 Å². The van der Waals surface area contributed by atoms with Crippen LogP contribution in [0.15, 0.2) is 0 Å². The molecule has 0 saturated heterocycles. The Morgan fingerprint density at radius 1 is 1.00 bits per heavy atom. The molecule has 0 saturated carbocycles. The van der Waals surface area contributed by atoms with Crippen LogP contribution in [0.3, 0.4) is 0 Å². The van der Waals surface area contributed by atoms with Gasteiger partial charge in [-0.15, -0.1) is 0 Å². The molecule has 0 bridgehead atoms. The quantitative estimate of drug-likeness (QED) is 0.362. The van der Waals surface area contributed by atoms with Gasteiger partial charge in [-0.25, -0.2) is 0 Å². The van der Waals surface area contributed by atoms with Crippen molar-refractivity contribution in [1.29, 1.82) is 0 Å². The van der Waals surface area contributed by atoms with Crippen LogP contribution >= 0.6 is 0 Å². The molecule has 0 fully saturated rings. The Kier molecular flexibility index (Phi) is 4.94. The third-order valence-corrected chi connectivity index (χ3v) is 4.14. The first-order chi connectivity index (χ1) is 4.50. The molecule has 0 aromatic carbocycles. The molecule has 0 radical (unpaired) electrons. The van der Waals surface area contributed by atoms with Gasteiger partial charge in [-0.1, -0.05) is 0 Å². The van der Waals surface area contributed by atoms with Crippen molar-refractivity contribution in [2.45, 2.75) is 11.2 Å². The molecule has 0 rings (SSSR count). The Balaban J connectivity index is 0. The SMILES string of the molecule is CC(O)(S(=O)(=O)O)S(=O)(=O)O.[NaH]. The molecule has 7 nitrogen and oxygen atoms in total. The Labute approximate surface area is 91.6 Å². The second kappa shape index (κ2) is 3.88. The van der Waals surface area contributed by atoms with E-state index in [-0.39, 0.29) is 36.5 Å². The maximum absolute atomic E-state index is 10.1. The average molecular weight is 230 g/mol. The van der Waals surface area contributed by atoms with Gasteiger partial charge in [-0.05, 0) is 6.92 Å². The van der Waals surface area contributed by atoms with Gasteiger partial charge in [-0.2, -0.15) is 16.8 Å². The molecule has 0 spiro atoms. The summed E-state index contributed by atoms with van der Waals surface area (Å²) in [5.41, 5.74) is 0. The molecule has 0 amide bonds. The van der Waals surface area contributed by atoms with Crippen molar-refractivity contribution >= 4 is 49.8 Å². The Morgan fingerprint density at radius 2 is 1.17 bits per heavy atom. The van der Waals surface area contributed by atoms with Gasteiger partial charge in [0.2, 0.25) is 0 Å². The van der Waals surface area contributed by atoms with Crippen LogP contribution in [-0.4, -0.2) is 64.9 Å². The monoisotopic (exact) mass is 230 g/mol. The van der Waals surface area contributed by atoms with Crippen LogP contribution < -0.4 is 0 Å². The minimum absolute atomic E-state index is 0. The van der Waals surface area contributed by atoms with Crippen LogP contribution in [0, 0.1) is 0 Å². The molecule has 0 aromatic rings. The molecule has 0 aliphatic carbocycles. The van der Waals surface area contributed by atoms with E-state index in [1.54, 1.807) is 0 Å². The summed E-state index contributed by atoms with van der Waals surface area (Å²) >= 11 is 0. The first-order valence-corrected chi connectivity index (χ1v) is 5.04. The van der Waals surface area contributed by atoms with Crippen LogP contribution in [0.1, 0.15) is 6.92 Å². The van der Waals surface area contributed by atoms with Gasteiger partial charge in [0, 0.05) is 0 Å². The summed E-state index contributed by atoms with van der Waals surface area (Å²) < 4.78 is 52.8. The summed E-state index contributed by atoms with van der Waals surface area (Å²) in [5.74, 6) is 0. The zero-order valence-electron chi connectivity index (χ0n) is 5.29. The molecule has 0 unspecified atom stereocenters. The van der Waals surface area contributed by atoms with Gasteiger partial charge < -0.3 is 5.11 Å². The van der Waals surface area contributed by atoms with E-state index in [0.29, 0.717) is 0 Å². The molecule has 0 aliphatic rings. The van der Waals surface area contributed by atoms with Gasteiger partial charge in [0.1, 0.15) is 0 Å². The molecule has 3 N–H and O–H groups in total. The molecular weight excluding hydrogens is 223 g/mol. The molecule has 0 aliphatic heterocycles. The number of aliphatic hydroxyl groups is 1. The fourth-order valence-electron chi connectivity index (χ4n) is 0.133. The van der Waals surface area contributed by atoms with E-state index in [1.807, 2.05) is 0 Å². The fourth-order valence-corrected chi connectivity index (χ4v) is 1.20. The topological polar surface area (TPSA) is 129 Å². The van der Waals surface area contributed by atoms with Gasteiger partial charge in [0.05, 0.1) is 0 Å². The molecular formula is C2H7NaO7S2. The van der Waals surface area contributed by atoms with Gasteiger partial charge >= 0.3 is 54.1 Å². The van der Waals surface area contributed by atoms with Crippen LogP contribution in [0.25, 0.3) is 0 Å². The van der Waals surface area contributed by atoms with E-state index >= 15 is 0 Å². The third kappa shape index (κ3) is 2.92. The summed E-state index contributed by atoms with van der Waals surface area (Å²) in [6.45, 7) is 0.234. The zero-order chi connectivity index (χ0) is 9.50. The van der Waals surface area contributed by atoms with Crippen molar-refractivity contribution in [3.8, 4) is 0 Å². The average Bonchev–Trinajstić information content (AvgIpc) is 1.58. The second-order valence-corrected chi connectivity index (χ2v) is 5.60. The molecule has 10 heteroatoms. The first kappa shape index (κ1) is 15.3. The van der Waals surface area contributed by atoms with Crippen molar-refractivity contribution in [2.24, 2.45) is 0 Å². The van der Waals surface area contributed by atoms with Crippen molar-refractivity contribution in [3.63, 3.8) is 0 Å². The first-order valence-electron chi connectivity index (χ1n) is 2.16. The summed E-state index contributed by atoms with van der Waals surface area (Å²) in [6.07, 6.45) is 0. The maximum atomic E-state index is 10.1. The molecule has 12 heavy (non-hydrogen) atoms. The van der Waals surface area contributed by atoms with E-state index in [2.05, 4.69) is 0 Å². The summed E-state index contributed by atoms with van der Waals surface area (Å²) in [6, 6.07) is 0. The van der Waals surface area contributed by atoms with E-state index in [4.69, 9.17) is 14.2 Å². The molecule has 0 heterocycles. The second-order valence-electron chi connectivity index (χ2n) is 1.85. The normalized spacial score (nSPS) is 13.7. The standard InChI is InChI=1S/C2H6O7S2.Na.H/c1-2(3,10(4,5)6)11(7,8)9;;/h3H,1H3,(H,4,5,6)(H,7,8,9);;. The van der Waals surface area contributed by atoms with E-state index < -0.39 is 24.5 Å². The van der Waals surface area contributed by atoms with Gasteiger partial charge in [0.15, 0.2) is 0 Å². The fraction of sp³-hybridized carbons (Fsp3) is 1.00. The van der Waals surface area contributed by atoms with Gasteiger partial charge in [0.25, 0.3) is 0 Å². The van der Waals surface area contributed by atoms with Crippen LogP contribution in [-0.2, 0) is 20.2 Å². The number of rotatable bonds is 2. The Hall–Kier alpha value is 0.780. The number of hydrogen-bond acceptors (Lipinski definition) is 5. The minimum atomic E-state index is -5.24. The van der Waals surface area contributed by atoms with Crippen molar-refractivity contribution in [1.82, 2.24) is 0 Å². The van der Waals surface area contributed by atoms with Crippen LogP contribution in [0.5, 0.6) is 0 Å². The van der Waals surface area contributed by atoms with Crippen LogP contribution in [0.2, 0.25) is 0 Å². The van der Waals surface area contributed by atoms with E-state index in [9.17, 15) is 16.8 Å². The van der Waals surface area contributed by atoms with Crippen molar-refractivity contribution in [3.05, 3.63) is 0 Å². The predicted molar refractivity (Wildman–Crippen MR) is 40.9 cm³/mol. The summed E-state index contributed by atoms with van der Waals surface area (Å²) in [7, 11) is -10.5. The van der Waals surface area contributed by atoms with Crippen molar-refractivity contribution in [2.75, 3.05) is 0 Å². The summed E-state index contributed by atoms with van der Waals surface area (Å²) in [5, 5.41) is 8.51. The van der Waals surface area contributed by atoms with E-state index in [0.717, 1.165) is 0 Å². The van der Waals surface area contributed by atoms with Crippen molar-refractivity contribution < 1.29 is 31.0 Å². The molecule has 0 aromatic heterocycles. The summed E-state index contributed by atoms with van der Waals surface area (Å²) in [4.78, 5) is 0. The Morgan fingerprint density at radius 3 is 1.17 bits per heavy atom. The predicted octanol–water partition coefficient (Wildman–Crippen LogP) is -2.22. The zero-order valence-corrected chi connectivity index (χ0v) is 6.92. The number of hydrogen-bond donors (Lipinski definition) is 3.